The third-order valence-corrected chi connectivity index (χ3v) is 6.54. The molecule has 0 unspecified atom stereocenters. The number of carbonyl (C=O) groups excluding carboxylic acids is 1. The lowest BCUT2D eigenvalue weighted by Gasteiger charge is -2.37. The molecule has 3 aromatic rings. The normalized spacial score (nSPS) is 15.3. The van der Waals surface area contributed by atoms with Crippen LogP contribution in [0.4, 0.5) is 5.69 Å². The Labute approximate surface area is 196 Å². The highest BCUT2D eigenvalue weighted by molar-refractivity contribution is 6.08. The van der Waals surface area contributed by atoms with Crippen LogP contribution in [-0.4, -0.2) is 65.6 Å². The number of ketones is 1. The molecule has 1 fully saturated rings. The van der Waals surface area contributed by atoms with Crippen LogP contribution in [0.1, 0.15) is 43.2 Å². The number of anilines is 1. The molecule has 7 nitrogen and oxygen atoms in total. The number of benzene rings is 1. The molecule has 0 amide bonds. The van der Waals surface area contributed by atoms with Gasteiger partial charge in [0, 0.05) is 78.5 Å². The molecule has 33 heavy (non-hydrogen) atoms. The number of Topliss-reactive ketones (excluding diaryl/α,β-unsaturated/α-hetero) is 1. The third-order valence-electron chi connectivity index (χ3n) is 6.54. The van der Waals surface area contributed by atoms with Gasteiger partial charge in [0.05, 0.1) is 12.6 Å². The highest BCUT2D eigenvalue weighted by atomic mass is 16.5. The van der Waals surface area contributed by atoms with Gasteiger partial charge >= 0.3 is 0 Å². The van der Waals surface area contributed by atoms with E-state index in [-0.39, 0.29) is 11.3 Å². The van der Waals surface area contributed by atoms with Crippen molar-refractivity contribution < 1.29 is 9.53 Å². The summed E-state index contributed by atoms with van der Waals surface area (Å²) in [6, 6.07) is 10.5. The number of hydrogen-bond acceptors (Lipinski definition) is 6. The van der Waals surface area contributed by atoms with E-state index in [1.54, 1.807) is 20.2 Å². The van der Waals surface area contributed by atoms with E-state index in [0.717, 1.165) is 61.4 Å². The second-order valence-electron chi connectivity index (χ2n) is 9.68. The van der Waals surface area contributed by atoms with Gasteiger partial charge in [0.25, 0.3) is 0 Å². The lowest BCUT2D eigenvalue weighted by atomic mass is 10.0. The summed E-state index contributed by atoms with van der Waals surface area (Å²) < 4.78 is 7.46. The number of ether oxygens (including phenoxy) is 1. The fraction of sp³-hybridized carbons (Fsp3) is 0.462. The molecule has 4 rings (SSSR count). The zero-order chi connectivity index (χ0) is 23.8. The molecule has 1 aromatic carbocycles. The van der Waals surface area contributed by atoms with Crippen molar-refractivity contribution in [3.63, 3.8) is 0 Å². The van der Waals surface area contributed by atoms with Crippen molar-refractivity contribution >= 4 is 22.4 Å². The Bertz CT molecular complexity index is 1140. The van der Waals surface area contributed by atoms with Crippen molar-refractivity contribution in [2.75, 3.05) is 44.7 Å². The van der Waals surface area contributed by atoms with E-state index in [0.29, 0.717) is 11.4 Å². The maximum atomic E-state index is 12.4. The van der Waals surface area contributed by atoms with Crippen molar-refractivity contribution in [2.24, 2.45) is 5.73 Å². The van der Waals surface area contributed by atoms with E-state index >= 15 is 0 Å². The van der Waals surface area contributed by atoms with Crippen LogP contribution < -0.4 is 15.4 Å². The summed E-state index contributed by atoms with van der Waals surface area (Å²) in [5.74, 6) is 0.569. The number of fused-ring (bicyclic) bond motifs is 1. The largest absolute Gasteiger partial charge is 0.481 e. The van der Waals surface area contributed by atoms with Gasteiger partial charge in [-0.05, 0) is 58.4 Å². The molecule has 0 radical (unpaired) electrons. The number of nitrogens with two attached hydrogens (primary N) is 1. The Kier molecular flexibility index (Phi) is 6.45. The summed E-state index contributed by atoms with van der Waals surface area (Å²) >= 11 is 0. The van der Waals surface area contributed by atoms with Gasteiger partial charge in [-0.1, -0.05) is 0 Å². The van der Waals surface area contributed by atoms with Crippen LogP contribution >= 0.6 is 0 Å². The number of pyridine rings is 1. The zero-order valence-electron chi connectivity index (χ0n) is 20.4. The van der Waals surface area contributed by atoms with Gasteiger partial charge in [-0.25, -0.2) is 4.98 Å². The molecule has 176 valence electrons. The van der Waals surface area contributed by atoms with Crippen LogP contribution in [0.25, 0.3) is 16.6 Å². The molecule has 2 aromatic heterocycles. The summed E-state index contributed by atoms with van der Waals surface area (Å²) in [4.78, 5) is 21.6. The van der Waals surface area contributed by atoms with Gasteiger partial charge in [0.15, 0.2) is 5.78 Å². The summed E-state index contributed by atoms with van der Waals surface area (Å²) in [7, 11) is 1.60. The lowest BCUT2D eigenvalue weighted by Crippen LogP contribution is -2.48. The molecule has 1 saturated heterocycles. The smallest absolute Gasteiger partial charge is 0.215 e. The van der Waals surface area contributed by atoms with Crippen LogP contribution in [0, 0.1) is 6.92 Å². The average molecular weight is 450 g/mol. The van der Waals surface area contributed by atoms with Crippen molar-refractivity contribution in [2.45, 2.75) is 39.7 Å². The van der Waals surface area contributed by atoms with Gasteiger partial charge < -0.3 is 19.9 Å². The molecule has 0 atom stereocenters. The highest BCUT2D eigenvalue weighted by Gasteiger charge is 2.21. The molecular weight excluding hydrogens is 414 g/mol. The Balaban J connectivity index is 1.56. The first-order chi connectivity index (χ1) is 15.7. The molecule has 0 saturated carbocycles. The van der Waals surface area contributed by atoms with Gasteiger partial charge in [-0.3, -0.25) is 9.69 Å². The molecule has 0 bridgehead atoms. The SMILES string of the molecule is COc1cc2c(cn1)c(C(C)=O)c(C)n2-c1ccc(N2CCN(CCC(C)(C)N)CC2)cc1. The second-order valence-corrected chi connectivity index (χ2v) is 9.68. The van der Waals surface area contributed by atoms with Crippen molar-refractivity contribution in [1.82, 2.24) is 14.5 Å². The first kappa shape index (κ1) is 23.3. The summed E-state index contributed by atoms with van der Waals surface area (Å²) in [5.41, 5.74) is 10.8. The minimum Gasteiger partial charge on any atom is -0.481 e. The van der Waals surface area contributed by atoms with E-state index in [1.165, 1.54) is 5.69 Å². The predicted molar refractivity (Wildman–Crippen MR) is 134 cm³/mol. The molecule has 0 aliphatic carbocycles. The van der Waals surface area contributed by atoms with Gasteiger partial charge in [0.2, 0.25) is 5.88 Å². The fourth-order valence-corrected chi connectivity index (χ4v) is 4.67. The standard InChI is InChI=1S/C26H35N5O2/c1-18-25(19(2)32)22-17-28-24(33-5)16-23(22)31(18)21-8-6-20(7-9-21)30-14-12-29(13-15-30)11-10-26(3,4)27/h6-9,16-17H,10-15,27H2,1-5H3. The van der Waals surface area contributed by atoms with Crippen LogP contribution in [0.5, 0.6) is 5.88 Å². The van der Waals surface area contributed by atoms with Crippen molar-refractivity contribution in [3.8, 4) is 11.6 Å². The monoisotopic (exact) mass is 449 g/mol. The van der Waals surface area contributed by atoms with E-state index < -0.39 is 0 Å². The first-order valence-corrected chi connectivity index (χ1v) is 11.6. The molecular formula is C26H35N5O2. The van der Waals surface area contributed by atoms with Crippen LogP contribution in [-0.2, 0) is 0 Å². The zero-order valence-corrected chi connectivity index (χ0v) is 20.4. The highest BCUT2D eigenvalue weighted by Crippen LogP contribution is 2.32. The molecule has 1 aliphatic rings. The number of rotatable bonds is 7. The maximum Gasteiger partial charge on any atom is 0.215 e. The topological polar surface area (TPSA) is 76.6 Å². The Morgan fingerprint density at radius 2 is 1.76 bits per heavy atom. The minimum absolute atomic E-state index is 0.0377. The van der Waals surface area contributed by atoms with Gasteiger partial charge in [-0.2, -0.15) is 0 Å². The number of nitrogens with zero attached hydrogens (tertiary/aromatic N) is 4. The van der Waals surface area contributed by atoms with E-state index in [1.807, 2.05) is 13.0 Å². The van der Waals surface area contributed by atoms with E-state index in [9.17, 15) is 4.79 Å². The molecule has 3 heterocycles. The number of aromatic nitrogens is 2. The van der Waals surface area contributed by atoms with Crippen molar-refractivity contribution in [3.05, 3.63) is 47.8 Å². The number of hydrogen-bond donors (Lipinski definition) is 1. The van der Waals surface area contributed by atoms with Crippen LogP contribution in [0.15, 0.2) is 36.5 Å². The first-order valence-electron chi connectivity index (χ1n) is 11.6. The van der Waals surface area contributed by atoms with Gasteiger partial charge in [-0.15, -0.1) is 0 Å². The Morgan fingerprint density at radius 3 is 2.33 bits per heavy atom. The van der Waals surface area contributed by atoms with Gasteiger partial charge in [0.1, 0.15) is 0 Å². The van der Waals surface area contributed by atoms with Crippen molar-refractivity contribution in [1.29, 1.82) is 0 Å². The molecule has 0 spiro atoms. The fourth-order valence-electron chi connectivity index (χ4n) is 4.67. The maximum absolute atomic E-state index is 12.4. The van der Waals surface area contributed by atoms with Crippen LogP contribution in [0.3, 0.4) is 0 Å². The molecule has 2 N–H and O–H groups in total. The molecule has 1 aliphatic heterocycles. The van der Waals surface area contributed by atoms with Crippen LogP contribution in [0.2, 0.25) is 0 Å². The summed E-state index contributed by atoms with van der Waals surface area (Å²) in [6.07, 6.45) is 2.74. The summed E-state index contributed by atoms with van der Waals surface area (Å²) in [5, 5.41) is 0.849. The summed E-state index contributed by atoms with van der Waals surface area (Å²) in [6.45, 7) is 12.9. The number of piperazine rings is 1. The molecule has 7 heteroatoms. The predicted octanol–water partition coefficient (Wildman–Crippen LogP) is 3.79. The minimum atomic E-state index is -0.115. The number of carbonyl (C=O) groups is 1. The number of methoxy groups -OCH3 is 1. The van der Waals surface area contributed by atoms with E-state index in [4.69, 9.17) is 10.5 Å². The Morgan fingerprint density at radius 1 is 1.12 bits per heavy atom. The average Bonchev–Trinajstić information content (AvgIpc) is 3.08. The third kappa shape index (κ3) is 4.89. The van der Waals surface area contributed by atoms with E-state index in [2.05, 4.69) is 57.5 Å². The Hall–Kier alpha value is -2.90. The second kappa shape index (κ2) is 9.15. The lowest BCUT2D eigenvalue weighted by molar-refractivity contribution is 0.101. The quantitative estimate of drug-likeness (QED) is 0.553.